The van der Waals surface area contributed by atoms with Gasteiger partial charge in [0.05, 0.1) is 18.7 Å². The van der Waals surface area contributed by atoms with Crippen LogP contribution < -0.4 is 9.64 Å². The van der Waals surface area contributed by atoms with Crippen LogP contribution >= 0.6 is 23.2 Å². The average molecular weight is 495 g/mol. The normalized spacial score (nSPS) is 15.9. The molecule has 1 atom stereocenters. The summed E-state index contributed by atoms with van der Waals surface area (Å²) >= 11 is 12.2. The average Bonchev–Trinajstić information content (AvgIpc) is 3.38. The molecule has 4 aromatic rings. The molecule has 0 saturated heterocycles. The maximum absolute atomic E-state index is 13.7. The zero-order valence-corrected chi connectivity index (χ0v) is 19.2. The summed E-state index contributed by atoms with van der Waals surface area (Å²) in [4.78, 5) is 32.2. The predicted octanol–water partition coefficient (Wildman–Crippen LogP) is 5.93. The summed E-state index contributed by atoms with van der Waals surface area (Å²) in [7, 11) is 1.46. The SMILES string of the molecule is COc1cc(Cl)cc2cc(C(=O)C3=C(O)C(=O)N(c4ccc(Cl)cc4)C3c3ccncc3)oc12. The Morgan fingerprint density at radius 2 is 1.76 bits per heavy atom. The highest BCUT2D eigenvalue weighted by Gasteiger charge is 2.45. The molecule has 2 aromatic heterocycles. The summed E-state index contributed by atoms with van der Waals surface area (Å²) in [5.74, 6) is -1.73. The van der Waals surface area contributed by atoms with E-state index < -0.39 is 23.5 Å². The van der Waals surface area contributed by atoms with Gasteiger partial charge in [0, 0.05) is 39.6 Å². The van der Waals surface area contributed by atoms with E-state index in [-0.39, 0.29) is 11.3 Å². The molecule has 5 rings (SSSR count). The van der Waals surface area contributed by atoms with Gasteiger partial charge in [-0.05, 0) is 54.1 Å². The second kappa shape index (κ2) is 8.52. The number of furan rings is 1. The molecule has 1 aliphatic heterocycles. The van der Waals surface area contributed by atoms with Gasteiger partial charge in [0.2, 0.25) is 5.78 Å². The van der Waals surface area contributed by atoms with Crippen LogP contribution in [0.3, 0.4) is 0 Å². The number of pyridine rings is 1. The van der Waals surface area contributed by atoms with Crippen molar-refractivity contribution in [1.82, 2.24) is 4.98 Å². The number of methoxy groups -OCH3 is 1. The third-order valence-corrected chi connectivity index (χ3v) is 6.04. The van der Waals surface area contributed by atoms with E-state index in [1.807, 2.05) is 0 Å². The Labute approximate surface area is 203 Å². The van der Waals surface area contributed by atoms with E-state index in [2.05, 4.69) is 4.98 Å². The zero-order valence-electron chi connectivity index (χ0n) is 17.7. The lowest BCUT2D eigenvalue weighted by Crippen LogP contribution is -2.31. The Balaban J connectivity index is 1.65. The second-order valence-electron chi connectivity index (χ2n) is 7.56. The minimum absolute atomic E-state index is 0.0677. The van der Waals surface area contributed by atoms with E-state index in [1.54, 1.807) is 60.9 Å². The molecule has 1 unspecified atom stereocenters. The van der Waals surface area contributed by atoms with Gasteiger partial charge in [-0.3, -0.25) is 19.5 Å². The van der Waals surface area contributed by atoms with Gasteiger partial charge >= 0.3 is 0 Å². The number of rotatable bonds is 5. The number of carbonyl (C=O) groups excluding carboxylic acids is 2. The number of aromatic nitrogens is 1. The molecule has 0 spiro atoms. The number of amides is 1. The number of Topliss-reactive ketones (excluding diaryl/α,β-unsaturated/α-hetero) is 1. The largest absolute Gasteiger partial charge is 0.503 e. The lowest BCUT2D eigenvalue weighted by molar-refractivity contribution is -0.117. The fraction of sp³-hybridized carbons (Fsp3) is 0.0800. The molecule has 9 heteroatoms. The van der Waals surface area contributed by atoms with Gasteiger partial charge in [0.15, 0.2) is 22.9 Å². The third kappa shape index (κ3) is 3.59. The van der Waals surface area contributed by atoms with Crippen LogP contribution in [0, 0.1) is 0 Å². The smallest absolute Gasteiger partial charge is 0.294 e. The van der Waals surface area contributed by atoms with Gasteiger partial charge in [0.25, 0.3) is 5.91 Å². The Bertz CT molecular complexity index is 1460. The number of hydrogen-bond donors (Lipinski definition) is 1. The first kappa shape index (κ1) is 22.0. The standard InChI is InChI=1S/C25H16Cl2N2O5/c1-33-19-12-16(27)10-14-11-18(34-24(14)19)22(30)20-21(13-6-8-28-9-7-13)29(25(32)23(20)31)17-4-2-15(26)3-5-17/h2-12,21,31H,1H3. The Kier molecular flexibility index (Phi) is 5.51. The van der Waals surface area contributed by atoms with Crippen LogP contribution in [0.5, 0.6) is 5.75 Å². The van der Waals surface area contributed by atoms with Crippen LogP contribution in [0.25, 0.3) is 11.0 Å². The molecule has 0 saturated carbocycles. The summed E-state index contributed by atoms with van der Waals surface area (Å²) in [6.07, 6.45) is 3.09. The van der Waals surface area contributed by atoms with E-state index in [4.69, 9.17) is 32.4 Å². The highest BCUT2D eigenvalue weighted by molar-refractivity contribution is 6.31. The first-order valence-corrected chi connectivity index (χ1v) is 10.9. The molecule has 1 N–H and O–H groups in total. The third-order valence-electron chi connectivity index (χ3n) is 5.57. The predicted molar refractivity (Wildman–Crippen MR) is 128 cm³/mol. The molecule has 2 aromatic carbocycles. The molecule has 0 bridgehead atoms. The molecule has 170 valence electrons. The minimum atomic E-state index is -0.914. The number of aliphatic hydroxyl groups is 1. The van der Waals surface area contributed by atoms with Crippen molar-refractivity contribution in [3.05, 3.63) is 99.7 Å². The van der Waals surface area contributed by atoms with Crippen molar-refractivity contribution in [2.45, 2.75) is 6.04 Å². The van der Waals surface area contributed by atoms with E-state index in [9.17, 15) is 14.7 Å². The summed E-state index contributed by atoms with van der Waals surface area (Å²) < 4.78 is 11.1. The van der Waals surface area contributed by atoms with Gasteiger partial charge in [0.1, 0.15) is 0 Å². The first-order valence-electron chi connectivity index (χ1n) is 10.1. The Hall–Kier alpha value is -3.81. The number of fused-ring (bicyclic) bond motifs is 1. The Morgan fingerprint density at radius 3 is 2.44 bits per heavy atom. The highest BCUT2D eigenvalue weighted by Crippen LogP contribution is 2.43. The van der Waals surface area contributed by atoms with Crippen LogP contribution in [0.1, 0.15) is 22.2 Å². The number of anilines is 1. The lowest BCUT2D eigenvalue weighted by Gasteiger charge is -2.26. The molecular weight excluding hydrogens is 479 g/mol. The van der Waals surface area contributed by atoms with Crippen molar-refractivity contribution in [2.24, 2.45) is 0 Å². The molecule has 1 aliphatic rings. The highest BCUT2D eigenvalue weighted by atomic mass is 35.5. The van der Waals surface area contributed by atoms with Crippen LogP contribution in [-0.4, -0.2) is 28.9 Å². The van der Waals surface area contributed by atoms with E-state index in [1.165, 1.54) is 18.1 Å². The summed E-state index contributed by atoms with van der Waals surface area (Å²) in [6.45, 7) is 0. The minimum Gasteiger partial charge on any atom is -0.503 e. The van der Waals surface area contributed by atoms with Crippen molar-refractivity contribution >= 4 is 51.5 Å². The van der Waals surface area contributed by atoms with Crippen molar-refractivity contribution in [3.8, 4) is 5.75 Å². The number of benzene rings is 2. The van der Waals surface area contributed by atoms with Crippen molar-refractivity contribution in [1.29, 1.82) is 0 Å². The number of hydrogen-bond acceptors (Lipinski definition) is 6. The van der Waals surface area contributed by atoms with Gasteiger partial charge in [-0.25, -0.2) is 0 Å². The van der Waals surface area contributed by atoms with Crippen molar-refractivity contribution < 1.29 is 23.8 Å². The van der Waals surface area contributed by atoms with Gasteiger partial charge in [-0.1, -0.05) is 23.2 Å². The van der Waals surface area contributed by atoms with Crippen molar-refractivity contribution in [2.75, 3.05) is 12.0 Å². The molecule has 0 radical (unpaired) electrons. The first-order chi connectivity index (χ1) is 16.4. The van der Waals surface area contributed by atoms with Gasteiger partial charge in [-0.2, -0.15) is 0 Å². The number of aliphatic hydroxyl groups excluding tert-OH is 1. The number of halogens is 2. The van der Waals surface area contributed by atoms with E-state index in [0.29, 0.717) is 38.0 Å². The number of ketones is 1. The molecule has 1 amide bonds. The van der Waals surface area contributed by atoms with E-state index >= 15 is 0 Å². The quantitative estimate of drug-likeness (QED) is 0.345. The summed E-state index contributed by atoms with van der Waals surface area (Å²) in [5, 5.41) is 12.3. The van der Waals surface area contributed by atoms with Crippen LogP contribution in [0.4, 0.5) is 5.69 Å². The maximum atomic E-state index is 13.7. The molecular formula is C25H16Cl2N2O5. The summed E-state index contributed by atoms with van der Waals surface area (Å²) in [5.41, 5.74) is 1.26. The van der Waals surface area contributed by atoms with E-state index in [0.717, 1.165) is 0 Å². The van der Waals surface area contributed by atoms with Crippen LogP contribution in [0.2, 0.25) is 10.0 Å². The lowest BCUT2D eigenvalue weighted by atomic mass is 9.95. The Morgan fingerprint density at radius 1 is 1.06 bits per heavy atom. The maximum Gasteiger partial charge on any atom is 0.294 e. The number of nitrogens with zero attached hydrogens (tertiary/aromatic N) is 2. The topological polar surface area (TPSA) is 92.9 Å². The molecule has 0 fully saturated rings. The molecule has 3 heterocycles. The fourth-order valence-corrected chi connectivity index (χ4v) is 4.39. The number of ether oxygens (including phenoxy) is 1. The monoisotopic (exact) mass is 494 g/mol. The summed E-state index contributed by atoms with van der Waals surface area (Å²) in [6, 6.07) is 13.7. The molecule has 34 heavy (non-hydrogen) atoms. The van der Waals surface area contributed by atoms with Crippen LogP contribution in [-0.2, 0) is 4.79 Å². The van der Waals surface area contributed by atoms with Gasteiger partial charge < -0.3 is 14.3 Å². The van der Waals surface area contributed by atoms with Crippen molar-refractivity contribution in [3.63, 3.8) is 0 Å². The molecule has 0 aliphatic carbocycles. The number of carbonyl (C=O) groups is 2. The molecule has 7 nitrogen and oxygen atoms in total. The fourth-order valence-electron chi connectivity index (χ4n) is 4.05. The van der Waals surface area contributed by atoms with Crippen LogP contribution in [0.15, 0.2) is 82.7 Å². The second-order valence-corrected chi connectivity index (χ2v) is 8.44. The zero-order chi connectivity index (χ0) is 24.0. The van der Waals surface area contributed by atoms with Gasteiger partial charge in [-0.15, -0.1) is 0 Å².